The summed E-state index contributed by atoms with van der Waals surface area (Å²) >= 11 is 0. The van der Waals surface area contributed by atoms with Gasteiger partial charge < -0.3 is 9.09 Å². The van der Waals surface area contributed by atoms with Crippen LogP contribution in [0.3, 0.4) is 0 Å². The Hall–Kier alpha value is -4.05. The summed E-state index contributed by atoms with van der Waals surface area (Å²) in [7, 11) is 0. The first-order chi connectivity index (χ1) is 16.2. The van der Waals surface area contributed by atoms with Crippen LogP contribution in [0, 0.1) is 18.3 Å². The van der Waals surface area contributed by atoms with Gasteiger partial charge in [-0.15, -0.1) is 0 Å². The molecule has 0 fully saturated rings. The predicted molar refractivity (Wildman–Crippen MR) is 122 cm³/mol. The van der Waals surface area contributed by atoms with E-state index in [-0.39, 0.29) is 5.89 Å². The van der Waals surface area contributed by atoms with Crippen LogP contribution in [0.5, 0.6) is 0 Å². The molecule has 0 aliphatic carbocycles. The Morgan fingerprint density at radius 2 is 1.82 bits per heavy atom. The van der Waals surface area contributed by atoms with Gasteiger partial charge in [0.1, 0.15) is 11.5 Å². The number of benzene rings is 2. The van der Waals surface area contributed by atoms with E-state index < -0.39 is 11.7 Å². The van der Waals surface area contributed by atoms with E-state index in [1.54, 1.807) is 0 Å². The van der Waals surface area contributed by atoms with E-state index in [1.807, 2.05) is 61.5 Å². The van der Waals surface area contributed by atoms with Gasteiger partial charge in [0, 0.05) is 23.4 Å². The highest BCUT2D eigenvalue weighted by Gasteiger charge is 2.33. The number of carbonyl (C=O) groups is 1. The smallest absolute Gasteiger partial charge is 0.252 e. The fraction of sp³-hybridized carbons (Fsp3) is 0.269. The number of hydrogen-bond acceptors (Lipinski definition) is 6. The first-order valence-corrected chi connectivity index (χ1v) is 11.1. The van der Waals surface area contributed by atoms with Crippen LogP contribution in [0.25, 0.3) is 22.8 Å². The molecule has 1 atom stereocenters. The lowest BCUT2D eigenvalue weighted by molar-refractivity contribution is 0.0961. The molecule has 164 valence electrons. The van der Waals surface area contributed by atoms with E-state index >= 15 is 0 Å². The van der Waals surface area contributed by atoms with Gasteiger partial charge in [-0.1, -0.05) is 71.7 Å². The van der Waals surface area contributed by atoms with Crippen LogP contribution in [0.1, 0.15) is 52.8 Å². The molecule has 4 aromatic rings. The summed E-state index contributed by atoms with van der Waals surface area (Å²) in [5.41, 5.74) is 4.05. The normalized spacial score (nSPS) is 14.2. The predicted octanol–water partition coefficient (Wildman–Crippen LogP) is 5.13. The lowest BCUT2D eigenvalue weighted by Crippen LogP contribution is -2.15. The van der Waals surface area contributed by atoms with Gasteiger partial charge >= 0.3 is 0 Å². The van der Waals surface area contributed by atoms with Gasteiger partial charge in [0.15, 0.2) is 5.92 Å². The average Bonchev–Trinajstić information content (AvgIpc) is 3.39. The number of carbonyl (C=O) groups excluding carboxylic acids is 1. The van der Waals surface area contributed by atoms with E-state index in [9.17, 15) is 10.1 Å². The summed E-state index contributed by atoms with van der Waals surface area (Å²) in [4.78, 5) is 22.7. The number of aryl methyl sites for hydroxylation is 1. The van der Waals surface area contributed by atoms with Gasteiger partial charge in [0.2, 0.25) is 11.6 Å². The molecule has 0 saturated carbocycles. The van der Waals surface area contributed by atoms with Crippen molar-refractivity contribution in [2.75, 3.05) is 0 Å². The van der Waals surface area contributed by atoms with Crippen molar-refractivity contribution in [3.8, 4) is 28.8 Å². The molecule has 0 radical (unpaired) electrons. The molecule has 2 aromatic heterocycles. The highest BCUT2D eigenvalue weighted by Crippen LogP contribution is 2.30. The third kappa shape index (κ3) is 3.96. The summed E-state index contributed by atoms with van der Waals surface area (Å²) in [5.74, 6) is -0.493. The molecular weight excluding hydrogens is 414 g/mol. The number of nitrogens with zero attached hydrogens (tertiary/aromatic N) is 5. The van der Waals surface area contributed by atoms with Crippen LogP contribution >= 0.6 is 0 Å². The molecule has 1 aliphatic rings. The molecule has 1 aliphatic heterocycles. The van der Waals surface area contributed by atoms with Crippen molar-refractivity contribution in [1.82, 2.24) is 19.7 Å². The number of hydrogen-bond donors (Lipinski definition) is 0. The number of imidazole rings is 1. The molecule has 0 spiro atoms. The molecule has 7 nitrogen and oxygen atoms in total. The van der Waals surface area contributed by atoms with Gasteiger partial charge in [0.25, 0.3) is 5.89 Å². The Balaban J connectivity index is 1.53. The van der Waals surface area contributed by atoms with Gasteiger partial charge in [-0.3, -0.25) is 4.79 Å². The minimum absolute atomic E-state index is 0.00490. The Bertz CT molecular complexity index is 1330. The van der Waals surface area contributed by atoms with Crippen LogP contribution in [0.2, 0.25) is 0 Å². The highest BCUT2D eigenvalue weighted by molar-refractivity contribution is 6.02. The molecule has 0 unspecified atom stereocenters. The fourth-order valence-electron chi connectivity index (χ4n) is 4.26. The lowest BCUT2D eigenvalue weighted by Gasteiger charge is -2.09. The highest BCUT2D eigenvalue weighted by atomic mass is 16.5. The SMILES string of the molecule is Cc1ccc(-c2noc([C@@H](C#N)C(=O)c3nc(-c4ccccc4)n4c3CCCCC4)n2)cc1. The maximum Gasteiger partial charge on any atom is 0.252 e. The van der Waals surface area contributed by atoms with Crippen LogP contribution in [0.4, 0.5) is 0 Å². The molecule has 7 heteroatoms. The number of fused-ring (bicyclic) bond motifs is 1. The number of rotatable bonds is 5. The van der Waals surface area contributed by atoms with Crippen molar-refractivity contribution < 1.29 is 9.32 Å². The molecule has 0 amide bonds. The molecule has 0 saturated heterocycles. The van der Waals surface area contributed by atoms with Crippen molar-refractivity contribution in [3.05, 3.63) is 77.4 Å². The zero-order valence-electron chi connectivity index (χ0n) is 18.4. The molecule has 0 bridgehead atoms. The summed E-state index contributed by atoms with van der Waals surface area (Å²) in [5, 5.41) is 13.9. The van der Waals surface area contributed by atoms with Crippen LogP contribution < -0.4 is 0 Å². The van der Waals surface area contributed by atoms with E-state index in [1.165, 1.54) is 0 Å². The van der Waals surface area contributed by atoms with Crippen molar-refractivity contribution in [1.29, 1.82) is 5.26 Å². The molecule has 3 heterocycles. The number of Topliss-reactive ketones (excluding diaryl/α,β-unsaturated/α-hetero) is 1. The first kappa shape index (κ1) is 20.8. The zero-order chi connectivity index (χ0) is 22.8. The topological polar surface area (TPSA) is 97.6 Å². The van der Waals surface area contributed by atoms with E-state index in [2.05, 4.69) is 20.8 Å². The van der Waals surface area contributed by atoms with Crippen LogP contribution in [-0.4, -0.2) is 25.5 Å². The number of ketones is 1. The summed E-state index contributed by atoms with van der Waals surface area (Å²) in [6.45, 7) is 2.79. The molecule has 2 aromatic carbocycles. The van der Waals surface area contributed by atoms with E-state index in [0.29, 0.717) is 11.5 Å². The van der Waals surface area contributed by atoms with Gasteiger partial charge in [0.05, 0.1) is 6.07 Å². The minimum Gasteiger partial charge on any atom is -0.337 e. The Morgan fingerprint density at radius 1 is 1.03 bits per heavy atom. The first-order valence-electron chi connectivity index (χ1n) is 11.1. The van der Waals surface area contributed by atoms with Crippen molar-refractivity contribution in [2.24, 2.45) is 0 Å². The Morgan fingerprint density at radius 3 is 2.58 bits per heavy atom. The minimum atomic E-state index is -1.21. The second-order valence-corrected chi connectivity index (χ2v) is 8.31. The van der Waals surface area contributed by atoms with E-state index in [0.717, 1.165) is 60.4 Å². The summed E-state index contributed by atoms with van der Waals surface area (Å²) < 4.78 is 7.50. The largest absolute Gasteiger partial charge is 0.337 e. The van der Waals surface area contributed by atoms with Crippen molar-refractivity contribution >= 4 is 5.78 Å². The number of aromatic nitrogens is 4. The second kappa shape index (κ2) is 8.83. The van der Waals surface area contributed by atoms with Gasteiger partial charge in [-0.2, -0.15) is 10.2 Å². The Kier molecular flexibility index (Phi) is 5.57. The molecule has 0 N–H and O–H groups in total. The lowest BCUT2D eigenvalue weighted by atomic mass is 10.0. The maximum absolute atomic E-state index is 13.6. The van der Waals surface area contributed by atoms with Gasteiger partial charge in [-0.05, 0) is 26.2 Å². The maximum atomic E-state index is 13.6. The standard InChI is InChI=1S/C26H23N5O2/c1-17-11-13-18(14-12-17)24-29-26(33-30-24)20(16-27)23(32)22-21-10-6-3-7-15-31(21)25(28-22)19-8-4-2-5-9-19/h2,4-5,8-9,11-14,20H,3,6-7,10,15H2,1H3/t20-/m0/s1. The summed E-state index contributed by atoms with van der Waals surface area (Å²) in [6, 6.07) is 19.6. The van der Waals surface area contributed by atoms with Crippen molar-refractivity contribution in [3.63, 3.8) is 0 Å². The van der Waals surface area contributed by atoms with Gasteiger partial charge in [-0.25, -0.2) is 4.98 Å². The third-order valence-corrected chi connectivity index (χ3v) is 6.02. The van der Waals surface area contributed by atoms with Crippen LogP contribution in [-0.2, 0) is 13.0 Å². The molecular formula is C26H23N5O2. The second-order valence-electron chi connectivity index (χ2n) is 8.31. The Labute approximate surface area is 191 Å². The van der Waals surface area contributed by atoms with Crippen molar-refractivity contribution in [2.45, 2.75) is 45.1 Å². The quantitative estimate of drug-likeness (QED) is 0.402. The van der Waals surface area contributed by atoms with E-state index in [4.69, 9.17) is 9.51 Å². The average molecular weight is 438 g/mol. The monoisotopic (exact) mass is 437 g/mol. The zero-order valence-corrected chi connectivity index (χ0v) is 18.4. The molecule has 33 heavy (non-hydrogen) atoms. The fourth-order valence-corrected chi connectivity index (χ4v) is 4.26. The number of nitriles is 1. The summed E-state index contributed by atoms with van der Waals surface area (Å²) in [6.07, 6.45) is 3.85. The van der Waals surface area contributed by atoms with Crippen LogP contribution in [0.15, 0.2) is 59.1 Å². The molecule has 5 rings (SSSR count). The third-order valence-electron chi connectivity index (χ3n) is 6.02.